The van der Waals surface area contributed by atoms with Crippen LogP contribution < -0.4 is 14.9 Å². The van der Waals surface area contributed by atoms with Gasteiger partial charge < -0.3 is 9.47 Å². The van der Waals surface area contributed by atoms with Crippen molar-refractivity contribution in [2.45, 2.75) is 6.92 Å². The van der Waals surface area contributed by atoms with Crippen LogP contribution in [0, 0.1) is 6.92 Å². The van der Waals surface area contributed by atoms with Gasteiger partial charge in [0.2, 0.25) is 0 Å². The van der Waals surface area contributed by atoms with Gasteiger partial charge in [-0.25, -0.2) is 5.43 Å². The van der Waals surface area contributed by atoms with Crippen LogP contribution in [-0.4, -0.2) is 26.3 Å². The van der Waals surface area contributed by atoms with Crippen LogP contribution in [0.4, 0.5) is 0 Å². The van der Waals surface area contributed by atoms with Crippen molar-refractivity contribution in [3.05, 3.63) is 45.6 Å². The number of carbonyl (C=O) groups is 1. The number of thiophene rings is 1. The van der Waals surface area contributed by atoms with Crippen molar-refractivity contribution < 1.29 is 14.3 Å². The average molecular weight is 304 g/mol. The maximum absolute atomic E-state index is 11.9. The molecule has 21 heavy (non-hydrogen) atoms. The first kappa shape index (κ1) is 15.1. The lowest BCUT2D eigenvalue weighted by atomic mass is 10.2. The number of nitrogens with zero attached hydrogens (tertiary/aromatic N) is 1. The van der Waals surface area contributed by atoms with Crippen LogP contribution in [0.5, 0.6) is 11.5 Å². The molecule has 6 heteroatoms. The van der Waals surface area contributed by atoms with Gasteiger partial charge in [0.05, 0.1) is 25.3 Å². The summed E-state index contributed by atoms with van der Waals surface area (Å²) in [5.41, 5.74) is 4.20. The Balaban J connectivity index is 2.08. The maximum Gasteiger partial charge on any atom is 0.281 e. The van der Waals surface area contributed by atoms with Crippen molar-refractivity contribution >= 4 is 23.5 Å². The van der Waals surface area contributed by atoms with Crippen LogP contribution in [0.2, 0.25) is 0 Å². The molecule has 0 unspecified atom stereocenters. The van der Waals surface area contributed by atoms with E-state index in [0.717, 1.165) is 11.1 Å². The van der Waals surface area contributed by atoms with E-state index >= 15 is 0 Å². The number of hydrazone groups is 1. The van der Waals surface area contributed by atoms with Crippen molar-refractivity contribution in [3.8, 4) is 11.5 Å². The molecule has 5 nitrogen and oxygen atoms in total. The third-order valence-electron chi connectivity index (χ3n) is 2.88. The third-order valence-corrected chi connectivity index (χ3v) is 3.89. The van der Waals surface area contributed by atoms with Gasteiger partial charge in [-0.05, 0) is 36.1 Å². The first-order valence-corrected chi connectivity index (χ1v) is 7.13. The molecule has 0 saturated carbocycles. The molecular formula is C15H16N2O3S. The van der Waals surface area contributed by atoms with Crippen molar-refractivity contribution in [1.29, 1.82) is 0 Å². The molecule has 0 atom stereocenters. The quantitative estimate of drug-likeness (QED) is 0.682. The molecule has 1 amide bonds. The van der Waals surface area contributed by atoms with Crippen molar-refractivity contribution in [3.63, 3.8) is 0 Å². The second-order valence-electron chi connectivity index (χ2n) is 4.24. The standard InChI is InChI=1S/C15H16N2O3S/c1-10-6-7-21-14(10)15(18)17-16-9-11-4-5-12(19-2)8-13(11)20-3/h4-9H,1-3H3,(H,17,18)/b16-9+. The summed E-state index contributed by atoms with van der Waals surface area (Å²) in [5.74, 6) is 1.10. The van der Waals surface area contributed by atoms with Gasteiger partial charge >= 0.3 is 0 Å². The van der Waals surface area contributed by atoms with Gasteiger partial charge in [0.1, 0.15) is 11.5 Å². The molecule has 1 aromatic heterocycles. The van der Waals surface area contributed by atoms with Gasteiger partial charge in [0.15, 0.2) is 0 Å². The van der Waals surface area contributed by atoms with Crippen molar-refractivity contribution in [2.75, 3.05) is 14.2 Å². The van der Waals surface area contributed by atoms with E-state index < -0.39 is 0 Å². The van der Waals surface area contributed by atoms with E-state index in [-0.39, 0.29) is 5.91 Å². The lowest BCUT2D eigenvalue weighted by Gasteiger charge is -2.06. The third kappa shape index (κ3) is 3.61. The number of nitrogens with one attached hydrogen (secondary N) is 1. The summed E-state index contributed by atoms with van der Waals surface area (Å²) in [7, 11) is 3.16. The number of benzene rings is 1. The lowest BCUT2D eigenvalue weighted by Crippen LogP contribution is -2.17. The minimum absolute atomic E-state index is 0.216. The van der Waals surface area contributed by atoms with E-state index in [1.165, 1.54) is 11.3 Å². The molecule has 0 saturated heterocycles. The minimum atomic E-state index is -0.216. The second-order valence-corrected chi connectivity index (χ2v) is 5.16. The van der Waals surface area contributed by atoms with E-state index in [0.29, 0.717) is 16.4 Å². The van der Waals surface area contributed by atoms with Gasteiger partial charge in [0.25, 0.3) is 5.91 Å². The lowest BCUT2D eigenvalue weighted by molar-refractivity contribution is 0.0958. The Morgan fingerprint density at radius 2 is 2.10 bits per heavy atom. The predicted molar refractivity (Wildman–Crippen MR) is 83.7 cm³/mol. The zero-order chi connectivity index (χ0) is 15.2. The van der Waals surface area contributed by atoms with Gasteiger partial charge in [0, 0.05) is 11.6 Å². The Labute approximate surface area is 127 Å². The molecule has 2 aromatic rings. The Kier molecular flexibility index (Phi) is 4.94. The first-order chi connectivity index (χ1) is 10.2. The molecule has 1 aromatic carbocycles. The highest BCUT2D eigenvalue weighted by molar-refractivity contribution is 7.12. The molecule has 0 aliphatic heterocycles. The largest absolute Gasteiger partial charge is 0.497 e. The Morgan fingerprint density at radius 3 is 2.71 bits per heavy atom. The zero-order valence-electron chi connectivity index (χ0n) is 12.0. The Hall–Kier alpha value is -2.34. The molecule has 0 radical (unpaired) electrons. The molecule has 2 rings (SSSR count). The van der Waals surface area contributed by atoms with Crippen LogP contribution in [-0.2, 0) is 0 Å². The van der Waals surface area contributed by atoms with Crippen molar-refractivity contribution in [1.82, 2.24) is 5.43 Å². The smallest absolute Gasteiger partial charge is 0.281 e. The second kappa shape index (κ2) is 6.90. The summed E-state index contributed by atoms with van der Waals surface area (Å²) in [6, 6.07) is 7.27. The molecule has 0 aliphatic carbocycles. The summed E-state index contributed by atoms with van der Waals surface area (Å²) in [5, 5.41) is 5.84. The number of ether oxygens (including phenoxy) is 2. The number of rotatable bonds is 5. The topological polar surface area (TPSA) is 59.9 Å². The van der Waals surface area contributed by atoms with Crippen LogP contribution in [0.25, 0.3) is 0 Å². The van der Waals surface area contributed by atoms with E-state index in [4.69, 9.17) is 9.47 Å². The summed E-state index contributed by atoms with van der Waals surface area (Å²) in [4.78, 5) is 12.6. The molecular weight excluding hydrogens is 288 g/mol. The highest BCUT2D eigenvalue weighted by atomic mass is 32.1. The molecule has 0 bridgehead atoms. The van der Waals surface area contributed by atoms with Gasteiger partial charge in [-0.1, -0.05) is 0 Å². The van der Waals surface area contributed by atoms with Crippen LogP contribution in [0.15, 0.2) is 34.7 Å². The summed E-state index contributed by atoms with van der Waals surface area (Å²) >= 11 is 1.39. The molecule has 0 aliphatic rings. The predicted octanol–water partition coefficient (Wildman–Crippen LogP) is 2.84. The number of hydrogen-bond acceptors (Lipinski definition) is 5. The molecule has 1 heterocycles. The van der Waals surface area contributed by atoms with E-state index in [9.17, 15) is 4.79 Å². The summed E-state index contributed by atoms with van der Waals surface area (Å²) < 4.78 is 10.4. The number of aryl methyl sites for hydroxylation is 1. The average Bonchev–Trinajstić information content (AvgIpc) is 2.93. The van der Waals surface area contributed by atoms with E-state index in [1.54, 1.807) is 32.6 Å². The van der Waals surface area contributed by atoms with Crippen LogP contribution in [0.3, 0.4) is 0 Å². The summed E-state index contributed by atoms with van der Waals surface area (Å²) in [6.45, 7) is 1.89. The number of methoxy groups -OCH3 is 2. The number of hydrogen-bond donors (Lipinski definition) is 1. The first-order valence-electron chi connectivity index (χ1n) is 6.25. The minimum Gasteiger partial charge on any atom is -0.497 e. The SMILES string of the molecule is COc1ccc(/C=N/NC(=O)c2sccc2C)c(OC)c1. The van der Waals surface area contributed by atoms with Gasteiger partial charge in [-0.2, -0.15) is 5.10 Å². The highest BCUT2D eigenvalue weighted by Crippen LogP contribution is 2.23. The fraction of sp³-hybridized carbons (Fsp3) is 0.200. The van der Waals surface area contributed by atoms with Gasteiger partial charge in [-0.3, -0.25) is 4.79 Å². The van der Waals surface area contributed by atoms with E-state index in [1.807, 2.05) is 24.4 Å². The fourth-order valence-electron chi connectivity index (χ4n) is 1.74. The number of carbonyl (C=O) groups excluding carboxylic acids is 1. The van der Waals surface area contributed by atoms with E-state index in [2.05, 4.69) is 10.5 Å². The highest BCUT2D eigenvalue weighted by Gasteiger charge is 2.09. The monoisotopic (exact) mass is 304 g/mol. The molecule has 0 spiro atoms. The fourth-order valence-corrected chi connectivity index (χ4v) is 2.56. The summed E-state index contributed by atoms with van der Waals surface area (Å²) in [6.07, 6.45) is 1.54. The molecule has 110 valence electrons. The van der Waals surface area contributed by atoms with Crippen LogP contribution in [0.1, 0.15) is 20.8 Å². The Morgan fingerprint density at radius 1 is 1.29 bits per heavy atom. The van der Waals surface area contributed by atoms with Crippen LogP contribution >= 0.6 is 11.3 Å². The zero-order valence-corrected chi connectivity index (χ0v) is 12.9. The molecule has 0 fully saturated rings. The Bertz CT molecular complexity index is 665. The maximum atomic E-state index is 11.9. The van der Waals surface area contributed by atoms with Gasteiger partial charge in [-0.15, -0.1) is 11.3 Å². The normalized spacial score (nSPS) is 10.6. The molecule has 1 N–H and O–H groups in total. The number of amides is 1. The van der Waals surface area contributed by atoms with Crippen molar-refractivity contribution in [2.24, 2.45) is 5.10 Å².